The summed E-state index contributed by atoms with van der Waals surface area (Å²) >= 11 is 0. The fraction of sp³-hybridized carbons (Fsp3) is 0.444. The molecule has 1 aliphatic carbocycles. The molecule has 20 heavy (non-hydrogen) atoms. The highest BCUT2D eigenvalue weighted by Crippen LogP contribution is 2.33. The molecule has 1 aliphatic heterocycles. The first-order valence-corrected chi connectivity index (χ1v) is 7.78. The topological polar surface area (TPSA) is 16.4 Å². The Balaban J connectivity index is 1.58. The second kappa shape index (κ2) is 5.10. The van der Waals surface area contributed by atoms with Gasteiger partial charge in [0, 0.05) is 30.6 Å². The van der Waals surface area contributed by atoms with Crippen LogP contribution in [0.5, 0.6) is 0 Å². The van der Waals surface area contributed by atoms with E-state index in [9.17, 15) is 0 Å². The molecule has 0 unspecified atom stereocenters. The lowest BCUT2D eigenvalue weighted by Crippen LogP contribution is -2.25. The Bertz CT molecular complexity index is 583. The Morgan fingerprint density at radius 2 is 2.00 bits per heavy atom. The Morgan fingerprint density at radius 1 is 1.15 bits per heavy atom. The van der Waals surface area contributed by atoms with Gasteiger partial charge < -0.3 is 4.42 Å². The van der Waals surface area contributed by atoms with Crippen molar-refractivity contribution in [2.24, 2.45) is 5.92 Å². The van der Waals surface area contributed by atoms with Gasteiger partial charge in [0.1, 0.15) is 11.5 Å². The van der Waals surface area contributed by atoms with Gasteiger partial charge in [0.15, 0.2) is 0 Å². The third-order valence-corrected chi connectivity index (χ3v) is 4.44. The van der Waals surface area contributed by atoms with E-state index in [1.54, 1.807) is 0 Å². The summed E-state index contributed by atoms with van der Waals surface area (Å²) in [4.78, 5) is 2.62. The highest BCUT2D eigenvalue weighted by molar-refractivity contribution is 5.58. The smallest absolute Gasteiger partial charge is 0.134 e. The largest absolute Gasteiger partial charge is 0.461 e. The van der Waals surface area contributed by atoms with Crippen LogP contribution in [0.2, 0.25) is 0 Å². The van der Waals surface area contributed by atoms with Gasteiger partial charge in [0.25, 0.3) is 0 Å². The van der Waals surface area contributed by atoms with E-state index in [2.05, 4.69) is 41.3 Å². The number of nitrogens with zero attached hydrogens (tertiary/aromatic N) is 1. The first-order chi connectivity index (χ1) is 9.88. The van der Waals surface area contributed by atoms with Crippen LogP contribution in [0.4, 0.5) is 0 Å². The lowest BCUT2D eigenvalue weighted by Gasteiger charge is -2.19. The van der Waals surface area contributed by atoms with Crippen molar-refractivity contribution in [3.63, 3.8) is 0 Å². The molecular weight excluding hydrogens is 246 g/mol. The highest BCUT2D eigenvalue weighted by atomic mass is 16.3. The molecule has 2 aromatic rings. The number of furan rings is 1. The average molecular weight is 267 g/mol. The normalized spacial score (nSPS) is 19.6. The number of hydrogen-bond donors (Lipinski definition) is 0. The summed E-state index contributed by atoms with van der Waals surface area (Å²) in [5.41, 5.74) is 2.59. The van der Waals surface area contributed by atoms with Crippen molar-refractivity contribution in [1.82, 2.24) is 4.90 Å². The molecule has 0 bridgehead atoms. The fourth-order valence-corrected chi connectivity index (χ4v) is 3.16. The van der Waals surface area contributed by atoms with Crippen molar-refractivity contribution in [3.05, 3.63) is 47.7 Å². The van der Waals surface area contributed by atoms with Crippen LogP contribution in [-0.2, 0) is 13.0 Å². The van der Waals surface area contributed by atoms with Crippen molar-refractivity contribution in [3.8, 4) is 11.3 Å². The summed E-state index contributed by atoms with van der Waals surface area (Å²) in [5, 5.41) is 0. The molecule has 1 aromatic carbocycles. The summed E-state index contributed by atoms with van der Waals surface area (Å²) in [6.07, 6.45) is 5.18. The van der Waals surface area contributed by atoms with E-state index in [-0.39, 0.29) is 0 Å². The van der Waals surface area contributed by atoms with E-state index >= 15 is 0 Å². The first-order valence-electron chi connectivity index (χ1n) is 7.78. The van der Waals surface area contributed by atoms with Crippen molar-refractivity contribution in [1.29, 1.82) is 0 Å². The number of fused-ring (bicyclic) bond motifs is 1. The van der Waals surface area contributed by atoms with E-state index < -0.39 is 0 Å². The number of rotatable bonds is 3. The standard InChI is InChI=1S/C18H21NO/c1-2-5-15(6-3-1)18-11-16-13-19(12-14-8-9-14)10-4-7-17(16)20-18/h1-3,5-6,11,14H,4,7-10,12-13H2. The Hall–Kier alpha value is -1.54. The minimum Gasteiger partial charge on any atom is -0.461 e. The van der Waals surface area contributed by atoms with Crippen LogP contribution in [0.1, 0.15) is 30.6 Å². The van der Waals surface area contributed by atoms with Crippen molar-refractivity contribution in [2.75, 3.05) is 13.1 Å². The summed E-state index contributed by atoms with van der Waals surface area (Å²) < 4.78 is 6.11. The molecule has 1 fully saturated rings. The van der Waals surface area contributed by atoms with Crippen molar-refractivity contribution >= 4 is 0 Å². The van der Waals surface area contributed by atoms with Gasteiger partial charge in [-0.2, -0.15) is 0 Å². The van der Waals surface area contributed by atoms with Gasteiger partial charge in [0.2, 0.25) is 0 Å². The zero-order valence-corrected chi connectivity index (χ0v) is 11.8. The maximum absolute atomic E-state index is 6.11. The molecule has 1 aromatic heterocycles. The molecule has 104 valence electrons. The van der Waals surface area contributed by atoms with Gasteiger partial charge in [0.05, 0.1) is 0 Å². The van der Waals surface area contributed by atoms with Gasteiger partial charge in [-0.05, 0) is 37.8 Å². The number of benzene rings is 1. The SMILES string of the molecule is c1ccc(-c2cc3c(o2)CCCN(CC2CC2)C3)cc1. The summed E-state index contributed by atoms with van der Waals surface area (Å²) in [6, 6.07) is 12.7. The van der Waals surface area contributed by atoms with E-state index in [0.717, 1.165) is 24.6 Å². The molecule has 0 atom stereocenters. The van der Waals surface area contributed by atoms with E-state index in [0.29, 0.717) is 0 Å². The maximum Gasteiger partial charge on any atom is 0.134 e. The third-order valence-electron chi connectivity index (χ3n) is 4.44. The second-order valence-corrected chi connectivity index (χ2v) is 6.21. The van der Waals surface area contributed by atoms with Gasteiger partial charge in [-0.15, -0.1) is 0 Å². The molecule has 2 heteroatoms. The molecule has 1 saturated carbocycles. The van der Waals surface area contributed by atoms with Crippen LogP contribution in [-0.4, -0.2) is 18.0 Å². The lowest BCUT2D eigenvalue weighted by molar-refractivity contribution is 0.258. The summed E-state index contributed by atoms with van der Waals surface area (Å²) in [6.45, 7) is 3.58. The average Bonchev–Trinajstić information content (AvgIpc) is 3.24. The molecule has 2 aliphatic rings. The van der Waals surface area contributed by atoms with Crippen molar-refractivity contribution in [2.45, 2.75) is 32.2 Å². The molecule has 4 rings (SSSR count). The lowest BCUT2D eigenvalue weighted by atomic mass is 10.1. The molecule has 0 radical (unpaired) electrons. The minimum absolute atomic E-state index is 0.969. The Morgan fingerprint density at radius 3 is 2.80 bits per heavy atom. The second-order valence-electron chi connectivity index (χ2n) is 6.21. The Kier molecular flexibility index (Phi) is 3.12. The van der Waals surface area contributed by atoms with Crippen molar-refractivity contribution < 1.29 is 4.42 Å². The fourth-order valence-electron chi connectivity index (χ4n) is 3.16. The van der Waals surface area contributed by atoms with Crippen LogP contribution in [0, 0.1) is 5.92 Å². The summed E-state index contributed by atoms with van der Waals surface area (Å²) in [5.74, 6) is 3.21. The number of aryl methyl sites for hydroxylation is 1. The maximum atomic E-state index is 6.11. The summed E-state index contributed by atoms with van der Waals surface area (Å²) in [7, 11) is 0. The van der Waals surface area contributed by atoms with E-state index in [4.69, 9.17) is 4.42 Å². The first kappa shape index (κ1) is 12.2. The van der Waals surface area contributed by atoms with Crippen LogP contribution < -0.4 is 0 Å². The van der Waals surface area contributed by atoms with Crippen LogP contribution in [0.25, 0.3) is 11.3 Å². The van der Waals surface area contributed by atoms with Gasteiger partial charge in [-0.3, -0.25) is 4.90 Å². The minimum atomic E-state index is 0.969. The van der Waals surface area contributed by atoms with Crippen LogP contribution in [0.3, 0.4) is 0 Å². The zero-order chi connectivity index (χ0) is 13.4. The highest BCUT2D eigenvalue weighted by Gasteiger charge is 2.26. The zero-order valence-electron chi connectivity index (χ0n) is 11.8. The number of hydrogen-bond acceptors (Lipinski definition) is 2. The molecule has 0 spiro atoms. The van der Waals surface area contributed by atoms with Crippen LogP contribution in [0.15, 0.2) is 40.8 Å². The van der Waals surface area contributed by atoms with Gasteiger partial charge in [-0.25, -0.2) is 0 Å². The molecular formula is C18H21NO. The molecule has 2 heterocycles. The molecule has 0 saturated heterocycles. The Labute approximate surface area is 120 Å². The van der Waals surface area contributed by atoms with Gasteiger partial charge >= 0.3 is 0 Å². The predicted molar refractivity (Wildman–Crippen MR) is 80.5 cm³/mol. The molecule has 2 nitrogen and oxygen atoms in total. The molecule has 0 N–H and O–H groups in total. The molecule has 0 amide bonds. The predicted octanol–water partition coefficient (Wildman–Crippen LogP) is 4.10. The van der Waals surface area contributed by atoms with Gasteiger partial charge in [-0.1, -0.05) is 30.3 Å². The van der Waals surface area contributed by atoms with E-state index in [1.807, 2.05) is 0 Å². The third kappa shape index (κ3) is 2.53. The quantitative estimate of drug-likeness (QED) is 0.832. The van der Waals surface area contributed by atoms with E-state index in [1.165, 1.54) is 49.2 Å². The monoisotopic (exact) mass is 267 g/mol. The van der Waals surface area contributed by atoms with Crippen LogP contribution >= 0.6 is 0 Å².